The average Bonchev–Trinajstić information content (AvgIpc) is 2.38. The first-order chi connectivity index (χ1) is 9.86. The van der Waals surface area contributed by atoms with Crippen LogP contribution in [0.3, 0.4) is 0 Å². The number of amides is 1. The summed E-state index contributed by atoms with van der Waals surface area (Å²) in [7, 11) is 0. The standard InChI is InChI=1S/C15H21ClN2O3/c1-9(2)20-14-13(16)5-12(6-17-14)15(19)18-7-10(3)21-11(4)8-18/h5-6,9-11H,7-8H2,1-4H3/t10-,11+. The van der Waals surface area contributed by atoms with Gasteiger partial charge in [-0.2, -0.15) is 0 Å². The Hall–Kier alpha value is -1.33. The number of pyridine rings is 1. The molecule has 1 aliphatic heterocycles. The third kappa shape index (κ3) is 4.08. The Kier molecular flexibility index (Phi) is 5.06. The lowest BCUT2D eigenvalue weighted by atomic mass is 10.2. The molecule has 6 heteroatoms. The van der Waals surface area contributed by atoms with Gasteiger partial charge < -0.3 is 14.4 Å². The predicted molar refractivity (Wildman–Crippen MR) is 80.9 cm³/mol. The van der Waals surface area contributed by atoms with Crippen LogP contribution in [0.5, 0.6) is 5.88 Å². The van der Waals surface area contributed by atoms with Crippen LogP contribution in [0, 0.1) is 0 Å². The third-order valence-corrected chi connectivity index (χ3v) is 3.38. The van der Waals surface area contributed by atoms with Crippen LogP contribution < -0.4 is 4.74 Å². The van der Waals surface area contributed by atoms with Gasteiger partial charge in [-0.25, -0.2) is 4.98 Å². The molecule has 2 heterocycles. The summed E-state index contributed by atoms with van der Waals surface area (Å²) in [6, 6.07) is 1.61. The molecule has 1 aliphatic rings. The number of morpholine rings is 1. The van der Waals surface area contributed by atoms with Crippen LogP contribution in [-0.2, 0) is 4.74 Å². The minimum atomic E-state index is -0.0810. The minimum Gasteiger partial charge on any atom is -0.474 e. The molecule has 0 radical (unpaired) electrons. The maximum Gasteiger partial charge on any atom is 0.255 e. The lowest BCUT2D eigenvalue weighted by Gasteiger charge is -2.35. The summed E-state index contributed by atoms with van der Waals surface area (Å²) in [5.41, 5.74) is 0.470. The maximum atomic E-state index is 12.5. The molecule has 21 heavy (non-hydrogen) atoms. The van der Waals surface area contributed by atoms with Gasteiger partial charge >= 0.3 is 0 Å². The number of carbonyl (C=O) groups excluding carboxylic acids is 1. The molecule has 2 rings (SSSR count). The second-order valence-corrected chi connectivity index (χ2v) is 6.05. The Morgan fingerprint density at radius 2 is 2.05 bits per heavy atom. The van der Waals surface area contributed by atoms with Crippen LogP contribution in [-0.4, -0.2) is 47.2 Å². The van der Waals surface area contributed by atoms with E-state index < -0.39 is 0 Å². The molecule has 0 unspecified atom stereocenters. The number of rotatable bonds is 3. The Morgan fingerprint density at radius 3 is 2.57 bits per heavy atom. The lowest BCUT2D eigenvalue weighted by Crippen LogP contribution is -2.48. The van der Waals surface area contributed by atoms with Crippen molar-refractivity contribution >= 4 is 17.5 Å². The molecule has 0 aliphatic carbocycles. The van der Waals surface area contributed by atoms with E-state index in [1.54, 1.807) is 11.0 Å². The summed E-state index contributed by atoms with van der Waals surface area (Å²) in [6.45, 7) is 8.86. The SMILES string of the molecule is CC(C)Oc1ncc(C(=O)N2C[C@@H](C)O[C@@H](C)C2)cc1Cl. The van der Waals surface area contributed by atoms with Gasteiger partial charge in [0.05, 0.1) is 23.9 Å². The van der Waals surface area contributed by atoms with Gasteiger partial charge in [-0.3, -0.25) is 4.79 Å². The molecule has 0 aromatic carbocycles. The molecular formula is C15H21ClN2O3. The van der Waals surface area contributed by atoms with E-state index in [9.17, 15) is 4.79 Å². The van der Waals surface area contributed by atoms with Crippen molar-refractivity contribution in [2.75, 3.05) is 13.1 Å². The van der Waals surface area contributed by atoms with Crippen molar-refractivity contribution in [2.45, 2.75) is 46.0 Å². The van der Waals surface area contributed by atoms with Crippen LogP contribution >= 0.6 is 11.6 Å². The number of hydrogen-bond donors (Lipinski definition) is 0. The number of hydrogen-bond acceptors (Lipinski definition) is 4. The fourth-order valence-electron chi connectivity index (χ4n) is 2.38. The molecule has 0 N–H and O–H groups in total. The van der Waals surface area contributed by atoms with Crippen molar-refractivity contribution in [2.24, 2.45) is 0 Å². The number of halogens is 1. The highest BCUT2D eigenvalue weighted by Gasteiger charge is 2.27. The predicted octanol–water partition coefficient (Wildman–Crippen LogP) is 2.77. The molecule has 116 valence electrons. The molecule has 1 saturated heterocycles. The van der Waals surface area contributed by atoms with E-state index in [2.05, 4.69) is 4.98 Å². The van der Waals surface area contributed by atoms with E-state index in [-0.39, 0.29) is 24.2 Å². The molecule has 1 aromatic rings. The monoisotopic (exact) mass is 312 g/mol. The van der Waals surface area contributed by atoms with E-state index >= 15 is 0 Å². The molecule has 1 fully saturated rings. The van der Waals surface area contributed by atoms with Crippen LogP contribution in [0.1, 0.15) is 38.1 Å². The van der Waals surface area contributed by atoms with Gasteiger partial charge in [0.1, 0.15) is 5.02 Å². The van der Waals surface area contributed by atoms with Crippen molar-refractivity contribution in [3.63, 3.8) is 0 Å². The molecule has 0 saturated carbocycles. The number of aromatic nitrogens is 1. The second-order valence-electron chi connectivity index (χ2n) is 5.65. The number of ether oxygens (including phenoxy) is 2. The fourth-order valence-corrected chi connectivity index (χ4v) is 2.59. The van der Waals surface area contributed by atoms with Gasteiger partial charge in [-0.15, -0.1) is 0 Å². The summed E-state index contributed by atoms with van der Waals surface area (Å²) in [6.07, 6.45) is 1.56. The van der Waals surface area contributed by atoms with Crippen molar-refractivity contribution in [1.29, 1.82) is 0 Å². The van der Waals surface area contributed by atoms with Crippen molar-refractivity contribution in [3.8, 4) is 5.88 Å². The second kappa shape index (κ2) is 6.62. The van der Waals surface area contributed by atoms with Gasteiger partial charge in [0, 0.05) is 19.3 Å². The normalized spacial score (nSPS) is 22.5. The van der Waals surface area contributed by atoms with E-state index in [4.69, 9.17) is 21.1 Å². The van der Waals surface area contributed by atoms with Gasteiger partial charge in [0.25, 0.3) is 5.91 Å². The summed E-state index contributed by atoms with van der Waals surface area (Å²) < 4.78 is 11.1. The highest BCUT2D eigenvalue weighted by molar-refractivity contribution is 6.32. The summed E-state index contributed by atoms with van der Waals surface area (Å²) in [5.74, 6) is 0.273. The number of nitrogens with zero attached hydrogens (tertiary/aromatic N) is 2. The van der Waals surface area contributed by atoms with Crippen LogP contribution in [0.2, 0.25) is 5.02 Å². The average molecular weight is 313 g/mol. The molecule has 0 spiro atoms. The summed E-state index contributed by atoms with van der Waals surface area (Å²) in [4.78, 5) is 18.4. The maximum absolute atomic E-state index is 12.5. The van der Waals surface area contributed by atoms with Crippen LogP contribution in [0.15, 0.2) is 12.3 Å². The molecule has 2 atom stereocenters. The number of carbonyl (C=O) groups is 1. The quantitative estimate of drug-likeness (QED) is 0.861. The smallest absolute Gasteiger partial charge is 0.255 e. The van der Waals surface area contributed by atoms with Crippen molar-refractivity contribution in [1.82, 2.24) is 9.88 Å². The van der Waals surface area contributed by atoms with E-state index in [1.165, 1.54) is 6.20 Å². The third-order valence-electron chi connectivity index (χ3n) is 3.11. The first-order valence-corrected chi connectivity index (χ1v) is 7.51. The Labute approximate surface area is 130 Å². The zero-order valence-electron chi connectivity index (χ0n) is 12.8. The molecule has 0 bridgehead atoms. The van der Waals surface area contributed by atoms with Crippen LogP contribution in [0.25, 0.3) is 0 Å². The van der Waals surface area contributed by atoms with Gasteiger partial charge in [0.15, 0.2) is 0 Å². The largest absolute Gasteiger partial charge is 0.474 e. The van der Waals surface area contributed by atoms with Gasteiger partial charge in [-0.1, -0.05) is 11.6 Å². The molecule has 1 aromatic heterocycles. The molecule has 5 nitrogen and oxygen atoms in total. The highest BCUT2D eigenvalue weighted by atomic mass is 35.5. The van der Waals surface area contributed by atoms with E-state index in [0.29, 0.717) is 29.6 Å². The zero-order chi connectivity index (χ0) is 15.6. The molecular weight excluding hydrogens is 292 g/mol. The first kappa shape index (κ1) is 16.0. The van der Waals surface area contributed by atoms with Gasteiger partial charge in [-0.05, 0) is 33.8 Å². The van der Waals surface area contributed by atoms with E-state index in [1.807, 2.05) is 27.7 Å². The topological polar surface area (TPSA) is 51.7 Å². The van der Waals surface area contributed by atoms with Crippen molar-refractivity contribution < 1.29 is 14.3 Å². The summed E-state index contributed by atoms with van der Waals surface area (Å²) in [5, 5.41) is 0.351. The summed E-state index contributed by atoms with van der Waals surface area (Å²) >= 11 is 6.13. The molecule has 1 amide bonds. The Balaban J connectivity index is 2.14. The van der Waals surface area contributed by atoms with Gasteiger partial charge in [0.2, 0.25) is 5.88 Å². The Morgan fingerprint density at radius 1 is 1.43 bits per heavy atom. The highest BCUT2D eigenvalue weighted by Crippen LogP contribution is 2.24. The Bertz CT molecular complexity index is 512. The first-order valence-electron chi connectivity index (χ1n) is 7.13. The lowest BCUT2D eigenvalue weighted by molar-refractivity contribution is -0.0586. The minimum absolute atomic E-state index is 0.0162. The zero-order valence-corrected chi connectivity index (χ0v) is 13.6. The fraction of sp³-hybridized carbons (Fsp3) is 0.600. The van der Waals surface area contributed by atoms with E-state index in [0.717, 1.165) is 0 Å². The van der Waals surface area contributed by atoms with Crippen LogP contribution in [0.4, 0.5) is 0 Å². The van der Waals surface area contributed by atoms with Crippen molar-refractivity contribution in [3.05, 3.63) is 22.8 Å².